The van der Waals surface area contributed by atoms with E-state index in [4.69, 9.17) is 14.6 Å². The topological polar surface area (TPSA) is 84.9 Å². The van der Waals surface area contributed by atoms with Crippen LogP contribution in [-0.4, -0.2) is 42.8 Å². The van der Waals surface area contributed by atoms with Crippen LogP contribution in [0.4, 0.5) is 0 Å². The Morgan fingerprint density at radius 1 is 1.38 bits per heavy atom. The zero-order valence-electron chi connectivity index (χ0n) is 10.8. The van der Waals surface area contributed by atoms with Crippen LogP contribution in [0.15, 0.2) is 27.1 Å². The number of carboxylic acids is 1. The molecule has 6 nitrogen and oxygen atoms in total. The van der Waals surface area contributed by atoms with E-state index in [1.165, 1.54) is 0 Å². The second-order valence-corrected chi connectivity index (χ2v) is 6.29. The first-order valence-corrected chi connectivity index (χ1v) is 7.73. The van der Waals surface area contributed by atoms with Gasteiger partial charge in [-0.3, -0.25) is 9.59 Å². The highest BCUT2D eigenvalue weighted by Crippen LogP contribution is 2.28. The number of aliphatic carboxylic acids is 1. The average molecular weight is 423 g/mol. The minimum Gasteiger partial charge on any atom is -0.483 e. The first kappa shape index (κ1) is 16.3. The molecule has 1 aromatic rings. The van der Waals surface area contributed by atoms with Crippen molar-refractivity contribution >= 4 is 43.7 Å². The van der Waals surface area contributed by atoms with Crippen LogP contribution in [0, 0.1) is 5.92 Å². The summed E-state index contributed by atoms with van der Waals surface area (Å²) in [6, 6.07) is 4.80. The van der Waals surface area contributed by atoms with E-state index in [1.54, 1.807) is 18.2 Å². The van der Waals surface area contributed by atoms with Gasteiger partial charge < -0.3 is 19.9 Å². The summed E-state index contributed by atoms with van der Waals surface area (Å²) < 4.78 is 12.1. The van der Waals surface area contributed by atoms with Crippen LogP contribution in [0.2, 0.25) is 0 Å². The van der Waals surface area contributed by atoms with Gasteiger partial charge >= 0.3 is 5.97 Å². The molecule has 1 heterocycles. The molecule has 8 heteroatoms. The largest absolute Gasteiger partial charge is 0.483 e. The molecule has 1 aromatic carbocycles. The SMILES string of the molecule is O=C(COc1ccc(Br)cc1Br)NC1COCC1C(=O)O. The van der Waals surface area contributed by atoms with Crippen LogP contribution in [0.25, 0.3) is 0 Å². The summed E-state index contributed by atoms with van der Waals surface area (Å²) in [4.78, 5) is 22.8. The fourth-order valence-electron chi connectivity index (χ4n) is 1.92. The normalized spacial score (nSPS) is 21.0. The Labute approximate surface area is 138 Å². The lowest BCUT2D eigenvalue weighted by atomic mass is 10.0. The minimum absolute atomic E-state index is 0.111. The molecule has 2 rings (SSSR count). The molecule has 1 amide bonds. The zero-order valence-corrected chi connectivity index (χ0v) is 14.0. The van der Waals surface area contributed by atoms with E-state index in [0.717, 1.165) is 8.95 Å². The van der Waals surface area contributed by atoms with E-state index in [1.807, 2.05) is 0 Å². The summed E-state index contributed by atoms with van der Waals surface area (Å²) in [7, 11) is 0. The Morgan fingerprint density at radius 2 is 2.14 bits per heavy atom. The third-order valence-corrected chi connectivity index (χ3v) is 4.11. The third-order valence-electron chi connectivity index (χ3n) is 3.00. The van der Waals surface area contributed by atoms with Gasteiger partial charge in [0.1, 0.15) is 11.7 Å². The van der Waals surface area contributed by atoms with Crippen LogP contribution >= 0.6 is 31.9 Å². The van der Waals surface area contributed by atoms with E-state index in [0.29, 0.717) is 5.75 Å². The van der Waals surface area contributed by atoms with E-state index < -0.39 is 17.9 Å². The van der Waals surface area contributed by atoms with Crippen molar-refractivity contribution in [2.45, 2.75) is 6.04 Å². The molecule has 1 aliphatic rings. The van der Waals surface area contributed by atoms with E-state index >= 15 is 0 Å². The molecule has 2 unspecified atom stereocenters. The predicted octanol–water partition coefficient (Wildman–Crippen LogP) is 1.81. The summed E-state index contributed by atoms with van der Waals surface area (Å²) in [6.45, 7) is 0.118. The number of nitrogens with one attached hydrogen (secondary N) is 1. The quantitative estimate of drug-likeness (QED) is 0.755. The molecule has 0 saturated carbocycles. The molecular weight excluding hydrogens is 410 g/mol. The number of hydrogen-bond acceptors (Lipinski definition) is 4. The maximum atomic E-state index is 11.8. The molecule has 21 heavy (non-hydrogen) atoms. The van der Waals surface area contributed by atoms with Crippen LogP contribution in [0.5, 0.6) is 5.75 Å². The van der Waals surface area contributed by atoms with Crippen LogP contribution in [0.3, 0.4) is 0 Å². The van der Waals surface area contributed by atoms with Gasteiger partial charge in [-0.2, -0.15) is 0 Å². The summed E-state index contributed by atoms with van der Waals surface area (Å²) in [5.74, 6) is -1.54. The summed E-state index contributed by atoms with van der Waals surface area (Å²) in [5.41, 5.74) is 0. The lowest BCUT2D eigenvalue weighted by Gasteiger charge is -2.16. The number of carboxylic acid groups (broad SMARTS) is 1. The number of rotatable bonds is 5. The van der Waals surface area contributed by atoms with Gasteiger partial charge in [-0.25, -0.2) is 0 Å². The summed E-state index contributed by atoms with van der Waals surface area (Å²) in [5, 5.41) is 11.6. The van der Waals surface area contributed by atoms with Crippen molar-refractivity contribution in [3.8, 4) is 5.75 Å². The highest BCUT2D eigenvalue weighted by Gasteiger charge is 2.35. The first-order chi connectivity index (χ1) is 9.97. The molecule has 2 atom stereocenters. The maximum absolute atomic E-state index is 11.8. The number of carbonyl (C=O) groups excluding carboxylic acids is 1. The van der Waals surface area contributed by atoms with Crippen molar-refractivity contribution in [3.63, 3.8) is 0 Å². The van der Waals surface area contributed by atoms with Crippen LogP contribution in [0.1, 0.15) is 0 Å². The minimum atomic E-state index is -0.977. The standard InChI is InChI=1S/C13H13Br2NO5/c14-7-1-2-11(9(15)3-7)21-6-12(17)16-10-5-20-4-8(10)13(18)19/h1-3,8,10H,4-6H2,(H,16,17)(H,18,19). The van der Waals surface area contributed by atoms with Crippen molar-refractivity contribution in [1.82, 2.24) is 5.32 Å². The Morgan fingerprint density at radius 3 is 2.81 bits per heavy atom. The van der Waals surface area contributed by atoms with Gasteiger partial charge in [0.25, 0.3) is 5.91 Å². The predicted molar refractivity (Wildman–Crippen MR) is 81.2 cm³/mol. The van der Waals surface area contributed by atoms with Gasteiger partial charge in [-0.1, -0.05) is 15.9 Å². The smallest absolute Gasteiger partial charge is 0.311 e. The molecule has 0 bridgehead atoms. The lowest BCUT2D eigenvalue weighted by molar-refractivity contribution is -0.142. The van der Waals surface area contributed by atoms with Gasteiger partial charge in [-0.05, 0) is 34.1 Å². The molecule has 1 saturated heterocycles. The molecule has 0 aliphatic carbocycles. The third kappa shape index (κ3) is 4.42. The second kappa shape index (κ2) is 7.24. The van der Waals surface area contributed by atoms with Crippen molar-refractivity contribution in [1.29, 1.82) is 0 Å². The van der Waals surface area contributed by atoms with Crippen molar-refractivity contribution in [3.05, 3.63) is 27.1 Å². The monoisotopic (exact) mass is 421 g/mol. The number of amides is 1. The van der Waals surface area contributed by atoms with Crippen LogP contribution < -0.4 is 10.1 Å². The molecule has 1 aliphatic heterocycles. The van der Waals surface area contributed by atoms with E-state index in [-0.39, 0.29) is 25.7 Å². The number of halogens is 2. The second-order valence-electron chi connectivity index (χ2n) is 4.52. The summed E-state index contributed by atoms with van der Waals surface area (Å²) in [6.07, 6.45) is 0. The summed E-state index contributed by atoms with van der Waals surface area (Å²) >= 11 is 6.65. The van der Waals surface area contributed by atoms with E-state index in [9.17, 15) is 9.59 Å². The van der Waals surface area contributed by atoms with Gasteiger partial charge in [0.05, 0.1) is 23.7 Å². The molecule has 114 valence electrons. The Balaban J connectivity index is 1.86. The fourth-order valence-corrected chi connectivity index (χ4v) is 3.09. The number of carbonyl (C=O) groups is 2. The van der Waals surface area contributed by atoms with Crippen LogP contribution in [-0.2, 0) is 14.3 Å². The average Bonchev–Trinajstić information content (AvgIpc) is 2.86. The number of benzene rings is 1. The van der Waals surface area contributed by atoms with E-state index in [2.05, 4.69) is 37.2 Å². The molecule has 1 fully saturated rings. The Kier molecular flexibility index (Phi) is 5.60. The molecule has 2 N–H and O–H groups in total. The highest BCUT2D eigenvalue weighted by molar-refractivity contribution is 9.11. The zero-order chi connectivity index (χ0) is 15.4. The van der Waals surface area contributed by atoms with Gasteiger partial charge in [0, 0.05) is 4.47 Å². The Hall–Kier alpha value is -1.12. The van der Waals surface area contributed by atoms with Gasteiger partial charge in [-0.15, -0.1) is 0 Å². The van der Waals surface area contributed by atoms with Crippen molar-refractivity contribution in [2.24, 2.45) is 5.92 Å². The molecule has 0 aromatic heterocycles. The first-order valence-electron chi connectivity index (χ1n) is 6.15. The Bertz CT molecular complexity index is 551. The molecule has 0 spiro atoms. The lowest BCUT2D eigenvalue weighted by Crippen LogP contribution is -2.44. The van der Waals surface area contributed by atoms with Gasteiger partial charge in [0.2, 0.25) is 0 Å². The highest BCUT2D eigenvalue weighted by atomic mass is 79.9. The number of hydrogen-bond donors (Lipinski definition) is 2. The molecular formula is C13H13Br2NO5. The van der Waals surface area contributed by atoms with Crippen molar-refractivity contribution < 1.29 is 24.2 Å². The van der Waals surface area contributed by atoms with Crippen molar-refractivity contribution in [2.75, 3.05) is 19.8 Å². The van der Waals surface area contributed by atoms with Gasteiger partial charge in [0.15, 0.2) is 6.61 Å². The fraction of sp³-hybridized carbons (Fsp3) is 0.385. The number of ether oxygens (including phenoxy) is 2. The molecule has 0 radical (unpaired) electrons. The maximum Gasteiger partial charge on any atom is 0.311 e.